The van der Waals surface area contributed by atoms with E-state index in [-0.39, 0.29) is 28.5 Å². The van der Waals surface area contributed by atoms with Crippen molar-refractivity contribution >= 4 is 23.2 Å². The number of phenols is 2. The second-order valence-electron chi connectivity index (χ2n) is 5.91. The smallest absolute Gasteiger partial charge is 0.258 e. The second kappa shape index (κ2) is 5.06. The minimum atomic E-state index is -0.422. The fourth-order valence-corrected chi connectivity index (χ4v) is 3.23. The molecule has 0 radical (unpaired) electrons. The van der Waals surface area contributed by atoms with E-state index in [1.807, 2.05) is 18.2 Å². The number of para-hydroxylation sites is 1. The molecule has 1 atom stereocenters. The lowest BCUT2D eigenvalue weighted by atomic mass is 10.0. The van der Waals surface area contributed by atoms with Crippen LogP contribution in [-0.4, -0.2) is 27.1 Å². The summed E-state index contributed by atoms with van der Waals surface area (Å²) in [6.45, 7) is 0. The summed E-state index contributed by atoms with van der Waals surface area (Å²) in [4.78, 5) is 14.7. The number of fused-ring (bicyclic) bond motifs is 1. The Morgan fingerprint density at radius 3 is 2.61 bits per heavy atom. The van der Waals surface area contributed by atoms with Gasteiger partial charge < -0.3 is 20.4 Å². The minimum Gasteiger partial charge on any atom is -0.504 e. The molecule has 1 heterocycles. The molecule has 2 aromatic rings. The Labute approximate surface area is 138 Å². The maximum Gasteiger partial charge on any atom is 0.258 e. The molecule has 6 heteroatoms. The molecule has 0 spiro atoms. The largest absolute Gasteiger partial charge is 0.504 e. The lowest BCUT2D eigenvalue weighted by Crippen LogP contribution is -2.44. The van der Waals surface area contributed by atoms with E-state index in [1.165, 1.54) is 6.07 Å². The van der Waals surface area contributed by atoms with Gasteiger partial charge in [-0.05, 0) is 37.1 Å². The Hall–Kier alpha value is -2.40. The Balaban J connectivity index is 1.82. The molecule has 2 aliphatic rings. The number of amides is 1. The predicted molar refractivity (Wildman–Crippen MR) is 86.8 cm³/mol. The van der Waals surface area contributed by atoms with Gasteiger partial charge in [0.2, 0.25) is 0 Å². The number of carbonyl (C=O) groups excluding carboxylic acids is 1. The summed E-state index contributed by atoms with van der Waals surface area (Å²) in [6.07, 6.45) is 1.50. The van der Waals surface area contributed by atoms with Crippen LogP contribution in [0.5, 0.6) is 11.5 Å². The molecule has 118 valence electrons. The van der Waals surface area contributed by atoms with Crippen molar-refractivity contribution in [3.05, 3.63) is 52.5 Å². The number of anilines is 1. The van der Waals surface area contributed by atoms with Crippen molar-refractivity contribution in [2.75, 3.05) is 5.32 Å². The molecule has 3 N–H and O–H groups in total. The van der Waals surface area contributed by atoms with Crippen LogP contribution < -0.4 is 5.32 Å². The highest BCUT2D eigenvalue weighted by atomic mass is 35.5. The van der Waals surface area contributed by atoms with Crippen LogP contribution in [0.4, 0.5) is 5.69 Å². The van der Waals surface area contributed by atoms with Crippen molar-refractivity contribution < 1.29 is 15.0 Å². The number of aromatic hydroxyl groups is 2. The minimum absolute atomic E-state index is 0.0319. The fraction of sp³-hybridized carbons (Fsp3) is 0.235. The van der Waals surface area contributed by atoms with E-state index in [2.05, 4.69) is 5.32 Å². The molecule has 0 bridgehead atoms. The molecule has 1 amide bonds. The van der Waals surface area contributed by atoms with Gasteiger partial charge in [-0.3, -0.25) is 4.79 Å². The van der Waals surface area contributed by atoms with E-state index in [0.29, 0.717) is 11.1 Å². The summed E-state index contributed by atoms with van der Waals surface area (Å²) in [6, 6.07) is 10.6. The average molecular weight is 331 g/mol. The molecule has 1 unspecified atom stereocenters. The van der Waals surface area contributed by atoms with E-state index in [9.17, 15) is 15.0 Å². The van der Waals surface area contributed by atoms with Gasteiger partial charge in [0, 0.05) is 17.3 Å². The third-order valence-corrected chi connectivity index (χ3v) is 4.57. The number of halogens is 1. The van der Waals surface area contributed by atoms with Crippen molar-refractivity contribution in [2.45, 2.75) is 25.0 Å². The molecule has 1 aliphatic carbocycles. The number of rotatable bonds is 2. The van der Waals surface area contributed by atoms with E-state index < -0.39 is 6.17 Å². The summed E-state index contributed by atoms with van der Waals surface area (Å²) in [7, 11) is 0. The first-order valence-corrected chi connectivity index (χ1v) is 7.83. The highest BCUT2D eigenvalue weighted by Gasteiger charge is 2.42. The number of carbonyl (C=O) groups is 1. The van der Waals surface area contributed by atoms with Crippen LogP contribution in [0, 0.1) is 0 Å². The fourth-order valence-electron chi connectivity index (χ4n) is 3.00. The molecule has 5 nitrogen and oxygen atoms in total. The third-order valence-electron chi connectivity index (χ3n) is 4.28. The zero-order valence-corrected chi connectivity index (χ0v) is 12.9. The molecular formula is C17H15ClN2O3. The normalized spacial score (nSPS) is 20.1. The number of hydrogen-bond donors (Lipinski definition) is 3. The molecule has 0 aromatic heterocycles. The molecule has 0 saturated heterocycles. The third kappa shape index (κ3) is 2.28. The lowest BCUT2D eigenvalue weighted by Gasteiger charge is -2.38. The van der Waals surface area contributed by atoms with Gasteiger partial charge in [0.05, 0.1) is 10.6 Å². The number of hydrogen-bond acceptors (Lipinski definition) is 4. The van der Waals surface area contributed by atoms with Crippen LogP contribution >= 0.6 is 11.6 Å². The van der Waals surface area contributed by atoms with Gasteiger partial charge in [0.25, 0.3) is 5.91 Å². The van der Waals surface area contributed by atoms with Gasteiger partial charge in [0.15, 0.2) is 11.5 Å². The number of nitrogens with one attached hydrogen (secondary N) is 1. The first-order chi connectivity index (χ1) is 11.1. The Morgan fingerprint density at radius 2 is 1.91 bits per heavy atom. The summed E-state index contributed by atoms with van der Waals surface area (Å²) >= 11 is 5.98. The number of nitrogens with zero attached hydrogens (tertiary/aromatic N) is 1. The van der Waals surface area contributed by atoms with Crippen LogP contribution in [0.25, 0.3) is 0 Å². The van der Waals surface area contributed by atoms with Crippen molar-refractivity contribution in [3.8, 4) is 11.5 Å². The van der Waals surface area contributed by atoms with Crippen LogP contribution in [0.3, 0.4) is 0 Å². The van der Waals surface area contributed by atoms with Gasteiger partial charge in [-0.2, -0.15) is 0 Å². The Kier molecular flexibility index (Phi) is 3.13. The topological polar surface area (TPSA) is 72.8 Å². The maximum atomic E-state index is 12.9. The predicted octanol–water partition coefficient (Wildman–Crippen LogP) is 3.48. The van der Waals surface area contributed by atoms with Crippen molar-refractivity contribution in [3.63, 3.8) is 0 Å². The molecule has 4 rings (SSSR count). The first kappa shape index (κ1) is 14.2. The lowest BCUT2D eigenvalue weighted by molar-refractivity contribution is 0.0666. The van der Waals surface area contributed by atoms with Crippen molar-refractivity contribution in [1.82, 2.24) is 4.90 Å². The highest BCUT2D eigenvalue weighted by Crippen LogP contribution is 2.43. The van der Waals surface area contributed by atoms with Gasteiger partial charge in [-0.15, -0.1) is 0 Å². The van der Waals surface area contributed by atoms with Crippen LogP contribution in [0.1, 0.15) is 34.9 Å². The van der Waals surface area contributed by atoms with E-state index in [4.69, 9.17) is 11.6 Å². The standard InChI is InChI=1S/C17H15ClN2O3/c18-12-7-9(8-14(21)15(12)22)16-19-13-4-2-1-3-11(13)17(23)20(16)10-5-6-10/h1-4,7-8,10,16,19,21-22H,5-6H2. The van der Waals surface area contributed by atoms with Crippen LogP contribution in [-0.2, 0) is 0 Å². The molecular weight excluding hydrogens is 316 g/mol. The Morgan fingerprint density at radius 1 is 1.17 bits per heavy atom. The molecule has 23 heavy (non-hydrogen) atoms. The summed E-state index contributed by atoms with van der Waals surface area (Å²) in [5, 5.41) is 22.9. The maximum absolute atomic E-state index is 12.9. The van der Waals surface area contributed by atoms with Gasteiger partial charge in [0.1, 0.15) is 6.17 Å². The van der Waals surface area contributed by atoms with Crippen LogP contribution in [0.2, 0.25) is 5.02 Å². The van der Waals surface area contributed by atoms with Gasteiger partial charge in [-0.25, -0.2) is 0 Å². The number of benzene rings is 2. The van der Waals surface area contributed by atoms with Crippen LogP contribution in [0.15, 0.2) is 36.4 Å². The summed E-state index contributed by atoms with van der Waals surface area (Å²) in [5.41, 5.74) is 2.04. The highest BCUT2D eigenvalue weighted by molar-refractivity contribution is 6.32. The monoisotopic (exact) mass is 330 g/mol. The van der Waals surface area contributed by atoms with Gasteiger partial charge in [-0.1, -0.05) is 23.7 Å². The zero-order chi connectivity index (χ0) is 16.1. The molecule has 2 aromatic carbocycles. The number of phenolic OH excluding ortho intramolecular Hbond substituents is 2. The average Bonchev–Trinajstić information content (AvgIpc) is 3.36. The van der Waals surface area contributed by atoms with E-state index in [1.54, 1.807) is 17.0 Å². The van der Waals surface area contributed by atoms with Crippen molar-refractivity contribution in [1.29, 1.82) is 0 Å². The molecule has 1 saturated carbocycles. The zero-order valence-electron chi connectivity index (χ0n) is 12.2. The van der Waals surface area contributed by atoms with Gasteiger partial charge >= 0.3 is 0 Å². The Bertz CT molecular complexity index is 781. The van der Waals surface area contributed by atoms with Crippen molar-refractivity contribution in [2.24, 2.45) is 0 Å². The quantitative estimate of drug-likeness (QED) is 0.737. The summed E-state index contributed by atoms with van der Waals surface area (Å²) in [5.74, 6) is -0.678. The van der Waals surface area contributed by atoms with E-state index in [0.717, 1.165) is 18.5 Å². The molecule has 1 aliphatic heterocycles. The van der Waals surface area contributed by atoms with E-state index >= 15 is 0 Å². The first-order valence-electron chi connectivity index (χ1n) is 7.46. The SMILES string of the molecule is O=C1c2ccccc2NC(c2cc(O)c(O)c(Cl)c2)N1C1CC1. The molecule has 1 fully saturated rings. The second-order valence-corrected chi connectivity index (χ2v) is 6.31. The summed E-state index contributed by atoms with van der Waals surface area (Å²) < 4.78 is 0.